The highest BCUT2D eigenvalue weighted by Gasteiger charge is 2.48. The number of likely N-dealkylation sites (tertiary alicyclic amines) is 1. The van der Waals surface area contributed by atoms with Gasteiger partial charge in [-0.05, 0) is 26.2 Å². The van der Waals surface area contributed by atoms with Crippen LogP contribution in [0.25, 0.3) is 0 Å². The van der Waals surface area contributed by atoms with Crippen molar-refractivity contribution in [2.24, 2.45) is 11.3 Å². The number of nitrogens with zero attached hydrogens (tertiary/aromatic N) is 2. The monoisotopic (exact) mass is 338 g/mol. The van der Waals surface area contributed by atoms with Crippen LogP contribution in [0.1, 0.15) is 64.3 Å². The number of thiazole rings is 1. The maximum Gasteiger partial charge on any atom is 0.236 e. The Kier molecular flexibility index (Phi) is 5.57. The molecule has 1 saturated heterocycles. The van der Waals surface area contributed by atoms with Gasteiger partial charge in [0.2, 0.25) is 11.8 Å². The van der Waals surface area contributed by atoms with Crippen molar-refractivity contribution in [2.75, 3.05) is 6.61 Å². The SMILES string of the molecule is CCO[C@H](C)c1nc(CN2C(=O)C[C@](C)(CC(C)C)C2=O)cs1. The minimum Gasteiger partial charge on any atom is -0.372 e. The lowest BCUT2D eigenvalue weighted by Crippen LogP contribution is -2.34. The number of carbonyl (C=O) groups excluding carboxylic acids is 2. The van der Waals surface area contributed by atoms with Gasteiger partial charge in [0.25, 0.3) is 0 Å². The molecule has 0 N–H and O–H groups in total. The number of ether oxygens (including phenoxy) is 1. The number of hydrogen-bond donors (Lipinski definition) is 0. The molecule has 2 atom stereocenters. The Labute approximate surface area is 142 Å². The summed E-state index contributed by atoms with van der Waals surface area (Å²) in [6.07, 6.45) is 0.976. The highest BCUT2D eigenvalue weighted by molar-refractivity contribution is 7.09. The van der Waals surface area contributed by atoms with Gasteiger partial charge in [0.05, 0.1) is 17.7 Å². The maximum absolute atomic E-state index is 12.7. The molecule has 1 fully saturated rings. The van der Waals surface area contributed by atoms with Crippen LogP contribution in [0.5, 0.6) is 0 Å². The normalized spacial score (nSPS) is 23.1. The van der Waals surface area contributed by atoms with E-state index in [1.54, 1.807) is 0 Å². The van der Waals surface area contributed by atoms with Crippen LogP contribution in [-0.2, 0) is 20.9 Å². The third-order valence-corrected chi connectivity index (χ3v) is 5.17. The summed E-state index contributed by atoms with van der Waals surface area (Å²) in [6, 6.07) is 0. The zero-order chi connectivity index (χ0) is 17.2. The van der Waals surface area contributed by atoms with Gasteiger partial charge in [-0.25, -0.2) is 4.98 Å². The minimum absolute atomic E-state index is 0.0602. The Morgan fingerprint density at radius 3 is 2.70 bits per heavy atom. The first-order chi connectivity index (χ1) is 10.8. The molecule has 0 saturated carbocycles. The number of rotatable bonds is 7. The van der Waals surface area contributed by atoms with E-state index in [1.165, 1.54) is 16.2 Å². The van der Waals surface area contributed by atoms with Crippen LogP contribution in [0, 0.1) is 11.3 Å². The highest BCUT2D eigenvalue weighted by atomic mass is 32.1. The Hall–Kier alpha value is -1.27. The summed E-state index contributed by atoms with van der Waals surface area (Å²) < 4.78 is 5.53. The zero-order valence-corrected chi connectivity index (χ0v) is 15.4. The Morgan fingerprint density at radius 2 is 2.09 bits per heavy atom. The molecule has 2 rings (SSSR count). The standard InChI is InChI=1S/C17H26N2O3S/c1-6-22-12(4)15-18-13(10-23-15)9-19-14(20)8-17(5,16(19)21)7-11(2)3/h10-12H,6-9H2,1-5H3/t12-,17+/m1/s1. The predicted octanol–water partition coefficient (Wildman–Crippen LogP) is 3.55. The first kappa shape index (κ1) is 18.1. The maximum atomic E-state index is 12.7. The third-order valence-electron chi connectivity index (χ3n) is 4.12. The Morgan fingerprint density at radius 1 is 1.39 bits per heavy atom. The zero-order valence-electron chi connectivity index (χ0n) is 14.6. The molecule has 0 radical (unpaired) electrons. The predicted molar refractivity (Wildman–Crippen MR) is 89.9 cm³/mol. The number of imide groups is 1. The molecule has 1 aromatic heterocycles. The van der Waals surface area contributed by atoms with E-state index >= 15 is 0 Å². The fourth-order valence-corrected chi connectivity index (χ4v) is 4.04. The van der Waals surface area contributed by atoms with Crippen molar-refractivity contribution >= 4 is 23.2 Å². The summed E-state index contributed by atoms with van der Waals surface area (Å²) >= 11 is 1.51. The first-order valence-electron chi connectivity index (χ1n) is 8.17. The van der Waals surface area contributed by atoms with Gasteiger partial charge in [0, 0.05) is 18.4 Å². The van der Waals surface area contributed by atoms with E-state index in [1.807, 2.05) is 26.2 Å². The van der Waals surface area contributed by atoms with Crippen molar-refractivity contribution in [3.63, 3.8) is 0 Å². The van der Waals surface area contributed by atoms with E-state index in [0.29, 0.717) is 18.9 Å². The lowest BCUT2D eigenvalue weighted by molar-refractivity contribution is -0.142. The average Bonchev–Trinajstić information content (AvgIpc) is 2.98. The van der Waals surface area contributed by atoms with Gasteiger partial charge in [0.1, 0.15) is 11.1 Å². The van der Waals surface area contributed by atoms with E-state index in [0.717, 1.165) is 17.1 Å². The summed E-state index contributed by atoms with van der Waals surface area (Å²) in [4.78, 5) is 30.8. The van der Waals surface area contributed by atoms with Crippen molar-refractivity contribution in [2.45, 2.75) is 60.1 Å². The molecule has 6 heteroatoms. The van der Waals surface area contributed by atoms with Gasteiger partial charge < -0.3 is 4.74 Å². The second-order valence-electron chi connectivity index (χ2n) is 6.90. The summed E-state index contributed by atoms with van der Waals surface area (Å²) in [6.45, 7) is 10.9. The van der Waals surface area contributed by atoms with Crippen LogP contribution in [0.2, 0.25) is 0 Å². The van der Waals surface area contributed by atoms with Crippen molar-refractivity contribution in [3.05, 3.63) is 16.1 Å². The molecule has 0 bridgehead atoms. The molecule has 0 aromatic carbocycles. The molecule has 2 amide bonds. The lowest BCUT2D eigenvalue weighted by atomic mass is 9.80. The summed E-state index contributed by atoms with van der Waals surface area (Å²) in [7, 11) is 0. The minimum atomic E-state index is -0.567. The van der Waals surface area contributed by atoms with Crippen molar-refractivity contribution in [3.8, 4) is 0 Å². The van der Waals surface area contributed by atoms with Crippen molar-refractivity contribution in [1.29, 1.82) is 0 Å². The molecule has 0 aliphatic carbocycles. The summed E-state index contributed by atoms with van der Waals surface area (Å²) in [5.41, 5.74) is 0.190. The van der Waals surface area contributed by atoms with Crippen LogP contribution in [-0.4, -0.2) is 28.3 Å². The van der Waals surface area contributed by atoms with Crippen LogP contribution >= 0.6 is 11.3 Å². The molecule has 0 spiro atoms. The van der Waals surface area contributed by atoms with Gasteiger partial charge in [0.15, 0.2) is 0 Å². The van der Waals surface area contributed by atoms with Crippen LogP contribution in [0.4, 0.5) is 0 Å². The summed E-state index contributed by atoms with van der Waals surface area (Å²) in [5.74, 6) is 0.226. The molecule has 23 heavy (non-hydrogen) atoms. The highest BCUT2D eigenvalue weighted by Crippen LogP contribution is 2.39. The van der Waals surface area contributed by atoms with E-state index in [4.69, 9.17) is 4.74 Å². The number of amides is 2. The second-order valence-corrected chi connectivity index (χ2v) is 7.78. The molecule has 1 aliphatic heterocycles. The first-order valence-corrected chi connectivity index (χ1v) is 9.05. The topological polar surface area (TPSA) is 59.5 Å². The molecule has 1 aromatic rings. The van der Waals surface area contributed by atoms with E-state index < -0.39 is 5.41 Å². The average molecular weight is 338 g/mol. The van der Waals surface area contributed by atoms with Crippen LogP contribution in [0.15, 0.2) is 5.38 Å². The Balaban J connectivity index is 2.08. The van der Waals surface area contributed by atoms with Gasteiger partial charge in [-0.1, -0.05) is 20.8 Å². The Bertz CT molecular complexity index is 584. The van der Waals surface area contributed by atoms with Crippen molar-refractivity contribution in [1.82, 2.24) is 9.88 Å². The van der Waals surface area contributed by atoms with Crippen LogP contribution < -0.4 is 0 Å². The molecular formula is C17H26N2O3S. The molecule has 5 nitrogen and oxygen atoms in total. The lowest BCUT2D eigenvalue weighted by Gasteiger charge is -2.23. The summed E-state index contributed by atoms with van der Waals surface area (Å²) in [5, 5.41) is 2.79. The van der Waals surface area contributed by atoms with E-state index in [-0.39, 0.29) is 24.5 Å². The number of carbonyl (C=O) groups is 2. The molecule has 2 heterocycles. The van der Waals surface area contributed by atoms with Crippen LogP contribution in [0.3, 0.4) is 0 Å². The smallest absolute Gasteiger partial charge is 0.236 e. The van der Waals surface area contributed by atoms with E-state index in [9.17, 15) is 9.59 Å². The molecule has 128 valence electrons. The van der Waals surface area contributed by atoms with Gasteiger partial charge >= 0.3 is 0 Å². The second kappa shape index (κ2) is 7.09. The fourth-order valence-electron chi connectivity index (χ4n) is 3.23. The molecule has 0 unspecified atom stereocenters. The molecular weight excluding hydrogens is 312 g/mol. The fraction of sp³-hybridized carbons (Fsp3) is 0.706. The quantitative estimate of drug-likeness (QED) is 0.713. The molecule has 1 aliphatic rings. The third kappa shape index (κ3) is 3.98. The van der Waals surface area contributed by atoms with Gasteiger partial charge in [-0.2, -0.15) is 0 Å². The number of hydrogen-bond acceptors (Lipinski definition) is 5. The van der Waals surface area contributed by atoms with E-state index in [2.05, 4.69) is 18.8 Å². The largest absolute Gasteiger partial charge is 0.372 e. The van der Waals surface area contributed by atoms with Gasteiger partial charge in [-0.15, -0.1) is 11.3 Å². The van der Waals surface area contributed by atoms with Gasteiger partial charge in [-0.3, -0.25) is 14.5 Å². The van der Waals surface area contributed by atoms with Crippen molar-refractivity contribution < 1.29 is 14.3 Å². The number of aromatic nitrogens is 1.